The molecule has 0 radical (unpaired) electrons. The molecule has 3 aromatic rings. The molecular weight excluding hydrogens is 400 g/mol. The molecule has 3 aromatic heterocycles. The number of anilines is 2. The van der Waals surface area contributed by atoms with Crippen molar-refractivity contribution in [1.82, 2.24) is 29.7 Å². The number of amides is 2. The van der Waals surface area contributed by atoms with Crippen molar-refractivity contribution in [2.24, 2.45) is 11.8 Å². The molecule has 2 amide bonds. The molecule has 1 saturated carbocycles. The largest absolute Gasteiger partial charge is 0.394 e. The third kappa shape index (κ3) is 3.52. The molecule has 0 bridgehead atoms. The first-order chi connectivity index (χ1) is 15.0. The van der Waals surface area contributed by atoms with Gasteiger partial charge in [0.25, 0.3) is 5.91 Å². The monoisotopic (exact) mass is 420 g/mol. The molecule has 2 N–H and O–H groups in total. The zero-order chi connectivity index (χ0) is 21.5. The molecule has 5 rings (SSSR count). The lowest BCUT2D eigenvalue weighted by atomic mass is 10.1. The van der Waals surface area contributed by atoms with Gasteiger partial charge in [-0.3, -0.25) is 24.2 Å². The standard InChI is InChI=1S/C20H20N8O3/c1-11-15(6-23-20(25-11)27-8-12-4-14(12)19(27)31)17(10-29)28-9-13(5-24-28)26-18(30)16-7-21-2-3-22-16/h2-3,5-7,9,12,14,17,29H,4,8,10H2,1H3,(H,26,30)/t12-,14-,17+/m1/s1. The molecule has 2 fully saturated rings. The summed E-state index contributed by atoms with van der Waals surface area (Å²) in [6, 6.07) is -0.543. The minimum Gasteiger partial charge on any atom is -0.394 e. The highest BCUT2D eigenvalue weighted by molar-refractivity contribution is 6.02. The Kier molecular flexibility index (Phi) is 4.66. The summed E-state index contributed by atoms with van der Waals surface area (Å²) in [4.78, 5) is 42.9. The van der Waals surface area contributed by atoms with Crippen LogP contribution in [0.2, 0.25) is 0 Å². The Labute approximate surface area is 177 Å². The van der Waals surface area contributed by atoms with Crippen LogP contribution in [0.4, 0.5) is 11.6 Å². The Balaban J connectivity index is 1.34. The quantitative estimate of drug-likeness (QED) is 0.591. The van der Waals surface area contributed by atoms with E-state index in [1.165, 1.54) is 29.5 Å². The number of hydrogen-bond donors (Lipinski definition) is 2. The molecule has 0 aromatic carbocycles. The lowest BCUT2D eigenvalue weighted by Crippen LogP contribution is -2.30. The van der Waals surface area contributed by atoms with Crippen LogP contribution in [0.1, 0.15) is 34.2 Å². The second-order valence-corrected chi connectivity index (χ2v) is 7.71. The fourth-order valence-corrected chi connectivity index (χ4v) is 3.89. The molecular formula is C20H20N8O3. The highest BCUT2D eigenvalue weighted by Gasteiger charge is 2.53. The molecule has 11 nitrogen and oxygen atoms in total. The van der Waals surface area contributed by atoms with Crippen molar-refractivity contribution < 1.29 is 14.7 Å². The van der Waals surface area contributed by atoms with Crippen LogP contribution in [0.3, 0.4) is 0 Å². The zero-order valence-electron chi connectivity index (χ0n) is 16.7. The van der Waals surface area contributed by atoms with E-state index in [1.54, 1.807) is 17.3 Å². The molecule has 11 heteroatoms. The van der Waals surface area contributed by atoms with Gasteiger partial charge in [-0.1, -0.05) is 0 Å². The maximum atomic E-state index is 12.3. The molecule has 1 saturated heterocycles. The van der Waals surface area contributed by atoms with Gasteiger partial charge in [-0.15, -0.1) is 0 Å². The van der Waals surface area contributed by atoms with Gasteiger partial charge in [0.05, 0.1) is 24.7 Å². The van der Waals surface area contributed by atoms with Gasteiger partial charge in [-0.25, -0.2) is 15.0 Å². The van der Waals surface area contributed by atoms with Crippen molar-refractivity contribution in [2.75, 3.05) is 23.4 Å². The van der Waals surface area contributed by atoms with E-state index in [0.717, 1.165) is 6.42 Å². The van der Waals surface area contributed by atoms with Crippen LogP contribution in [0, 0.1) is 18.8 Å². The van der Waals surface area contributed by atoms with Crippen LogP contribution >= 0.6 is 0 Å². The molecule has 31 heavy (non-hydrogen) atoms. The third-order valence-corrected chi connectivity index (χ3v) is 5.68. The number of rotatable bonds is 6. The number of nitrogens with zero attached hydrogens (tertiary/aromatic N) is 7. The summed E-state index contributed by atoms with van der Waals surface area (Å²) in [6.45, 7) is 2.24. The number of aliphatic hydroxyl groups is 1. The van der Waals surface area contributed by atoms with E-state index < -0.39 is 11.9 Å². The number of aryl methyl sites for hydroxylation is 1. The Morgan fingerprint density at radius 2 is 2.16 bits per heavy atom. The maximum Gasteiger partial charge on any atom is 0.275 e. The van der Waals surface area contributed by atoms with Crippen molar-refractivity contribution in [3.63, 3.8) is 0 Å². The van der Waals surface area contributed by atoms with Crippen molar-refractivity contribution in [1.29, 1.82) is 0 Å². The summed E-state index contributed by atoms with van der Waals surface area (Å²) in [7, 11) is 0. The first kappa shape index (κ1) is 19.2. The van der Waals surface area contributed by atoms with Gasteiger partial charge in [0, 0.05) is 48.5 Å². The number of carbonyl (C=O) groups is 2. The van der Waals surface area contributed by atoms with Crippen LogP contribution in [0.25, 0.3) is 0 Å². The van der Waals surface area contributed by atoms with E-state index in [9.17, 15) is 14.7 Å². The number of aliphatic hydroxyl groups excluding tert-OH is 1. The average Bonchev–Trinajstić information content (AvgIpc) is 3.29. The van der Waals surface area contributed by atoms with Gasteiger partial charge < -0.3 is 10.4 Å². The number of fused-ring (bicyclic) bond motifs is 1. The van der Waals surface area contributed by atoms with E-state index >= 15 is 0 Å². The molecule has 0 spiro atoms. The number of carbonyl (C=O) groups excluding carboxylic acids is 2. The number of hydrogen-bond acceptors (Lipinski definition) is 8. The van der Waals surface area contributed by atoms with Gasteiger partial charge in [-0.2, -0.15) is 5.10 Å². The van der Waals surface area contributed by atoms with Crippen LogP contribution in [-0.4, -0.2) is 59.8 Å². The SMILES string of the molecule is Cc1nc(N2C[C@H]3C[C@H]3C2=O)ncc1[C@H](CO)n1cc(NC(=O)c2cnccn2)cn1. The predicted molar refractivity (Wildman–Crippen MR) is 108 cm³/mol. The van der Waals surface area contributed by atoms with Gasteiger partial charge in [0.2, 0.25) is 11.9 Å². The second-order valence-electron chi connectivity index (χ2n) is 7.71. The third-order valence-electron chi connectivity index (χ3n) is 5.68. The highest BCUT2D eigenvalue weighted by atomic mass is 16.3. The van der Waals surface area contributed by atoms with Gasteiger partial charge in [0.15, 0.2) is 0 Å². The zero-order valence-corrected chi connectivity index (χ0v) is 16.7. The molecule has 0 unspecified atom stereocenters. The Morgan fingerprint density at radius 1 is 1.29 bits per heavy atom. The predicted octanol–water partition coefficient (Wildman–Crippen LogP) is 0.588. The Morgan fingerprint density at radius 3 is 2.84 bits per heavy atom. The minimum atomic E-state index is -0.543. The molecule has 3 atom stereocenters. The molecule has 158 valence electrons. The summed E-state index contributed by atoms with van der Waals surface area (Å²) in [6.07, 6.45) is 9.97. The summed E-state index contributed by atoms with van der Waals surface area (Å²) in [5, 5.41) is 17.0. The number of aromatic nitrogens is 6. The second kappa shape index (κ2) is 7.51. The topological polar surface area (TPSA) is 139 Å². The summed E-state index contributed by atoms with van der Waals surface area (Å²) >= 11 is 0. The lowest BCUT2D eigenvalue weighted by molar-refractivity contribution is -0.118. The Hall–Kier alpha value is -3.73. The first-order valence-corrected chi connectivity index (χ1v) is 9.92. The smallest absolute Gasteiger partial charge is 0.275 e. The van der Waals surface area contributed by atoms with Crippen LogP contribution in [0.5, 0.6) is 0 Å². The number of nitrogens with one attached hydrogen (secondary N) is 1. The van der Waals surface area contributed by atoms with Crippen molar-refractivity contribution >= 4 is 23.5 Å². The van der Waals surface area contributed by atoms with Crippen molar-refractivity contribution in [3.05, 3.63) is 54.1 Å². The fourth-order valence-electron chi connectivity index (χ4n) is 3.89. The molecule has 4 heterocycles. The molecule has 1 aliphatic heterocycles. The van der Waals surface area contributed by atoms with E-state index in [4.69, 9.17) is 0 Å². The summed E-state index contributed by atoms with van der Waals surface area (Å²) in [5.41, 5.74) is 1.96. The summed E-state index contributed by atoms with van der Waals surface area (Å²) in [5.74, 6) is 0.638. The van der Waals surface area contributed by atoms with E-state index in [-0.39, 0.29) is 24.1 Å². The van der Waals surface area contributed by atoms with Gasteiger partial charge in [0.1, 0.15) is 11.7 Å². The molecule has 1 aliphatic carbocycles. The fraction of sp³-hybridized carbons (Fsp3) is 0.350. The number of piperidine rings is 1. The van der Waals surface area contributed by atoms with E-state index in [0.29, 0.717) is 35.4 Å². The van der Waals surface area contributed by atoms with Crippen LogP contribution in [0.15, 0.2) is 37.2 Å². The average molecular weight is 420 g/mol. The lowest BCUT2D eigenvalue weighted by Gasteiger charge is -2.20. The van der Waals surface area contributed by atoms with Crippen molar-refractivity contribution in [2.45, 2.75) is 19.4 Å². The van der Waals surface area contributed by atoms with E-state index in [2.05, 4.69) is 30.4 Å². The molecule has 2 aliphatic rings. The minimum absolute atomic E-state index is 0.0893. The van der Waals surface area contributed by atoms with Crippen molar-refractivity contribution in [3.8, 4) is 0 Å². The summed E-state index contributed by atoms with van der Waals surface area (Å²) < 4.78 is 1.54. The van der Waals surface area contributed by atoms with Crippen LogP contribution < -0.4 is 10.2 Å². The van der Waals surface area contributed by atoms with E-state index in [1.807, 2.05) is 6.92 Å². The first-order valence-electron chi connectivity index (χ1n) is 9.92. The normalized spacial score (nSPS) is 20.5. The van der Waals surface area contributed by atoms with Crippen LogP contribution in [-0.2, 0) is 4.79 Å². The Bertz CT molecular complexity index is 1150. The highest BCUT2D eigenvalue weighted by Crippen LogP contribution is 2.46. The maximum absolute atomic E-state index is 12.3. The van der Waals surface area contributed by atoms with Gasteiger partial charge >= 0.3 is 0 Å². The van der Waals surface area contributed by atoms with Gasteiger partial charge in [-0.05, 0) is 19.3 Å².